The van der Waals surface area contributed by atoms with Crippen molar-refractivity contribution in [2.45, 2.75) is 95.7 Å². The Kier molecular flexibility index (Phi) is 20.3. The predicted molar refractivity (Wildman–Crippen MR) is 388 cm³/mol. The van der Waals surface area contributed by atoms with Gasteiger partial charge >= 0.3 is 34.1 Å². The molecular formula is C88H78Fe2N8O. The van der Waals surface area contributed by atoms with Gasteiger partial charge in [-0.15, -0.1) is 0 Å². The molecule has 0 saturated carbocycles. The van der Waals surface area contributed by atoms with Crippen molar-refractivity contribution in [1.82, 2.24) is 41.2 Å². The number of hydrogen-bond acceptors (Lipinski definition) is 4. The number of fused-ring (bicyclic) bond motifs is 16. The van der Waals surface area contributed by atoms with Crippen molar-refractivity contribution in [3.63, 3.8) is 0 Å². The molecule has 492 valence electrons. The van der Waals surface area contributed by atoms with Gasteiger partial charge in [0.15, 0.2) is 0 Å². The van der Waals surface area contributed by atoms with Crippen LogP contribution in [0.2, 0.25) is 0 Å². The summed E-state index contributed by atoms with van der Waals surface area (Å²) in [6.45, 7) is 0. The molecule has 6 N–H and O–H groups in total. The molecule has 99 heavy (non-hydrogen) atoms. The van der Waals surface area contributed by atoms with Crippen LogP contribution in [-0.4, -0.2) is 53.8 Å². The summed E-state index contributed by atoms with van der Waals surface area (Å²) < 4.78 is 0. The fourth-order valence-corrected chi connectivity index (χ4v) is 16.7. The van der Waals surface area contributed by atoms with E-state index in [-0.39, 0.29) is 135 Å². The Morgan fingerprint density at radius 3 is 0.384 bits per heavy atom. The van der Waals surface area contributed by atoms with E-state index in [0.717, 1.165) is 45.6 Å². The van der Waals surface area contributed by atoms with E-state index in [9.17, 15) is 0 Å². The second-order valence-corrected chi connectivity index (χ2v) is 26.7. The van der Waals surface area contributed by atoms with Crippen LogP contribution in [0.25, 0.3) is 0 Å². The van der Waals surface area contributed by atoms with Gasteiger partial charge in [0, 0.05) is 95.7 Å². The fraction of sp³-hybridized carbons (Fsp3) is 0.182. The van der Waals surface area contributed by atoms with Gasteiger partial charge in [-0.05, 0) is 44.5 Å². The Labute approximate surface area is 602 Å². The van der Waals surface area contributed by atoms with E-state index in [0.29, 0.717) is 0 Å². The number of hydrogen-bond donors (Lipinski definition) is 4. The molecule has 18 rings (SSSR count). The van der Waals surface area contributed by atoms with Gasteiger partial charge in [0.25, 0.3) is 0 Å². The van der Waals surface area contributed by atoms with E-state index in [1.807, 2.05) is 0 Å². The van der Waals surface area contributed by atoms with Gasteiger partial charge in [0.2, 0.25) is 0 Å². The molecule has 16 bridgehead atoms. The second kappa shape index (κ2) is 30.0. The molecule has 0 saturated heterocycles. The van der Waals surface area contributed by atoms with E-state index in [4.69, 9.17) is 19.9 Å². The third-order valence-corrected chi connectivity index (χ3v) is 21.1. The summed E-state index contributed by atoms with van der Waals surface area (Å²) in [4.78, 5) is 22.0. The number of nitrogens with one attached hydrogen (secondary N) is 4. The quantitative estimate of drug-likeness (QED) is 0.0872. The van der Waals surface area contributed by atoms with Gasteiger partial charge in [-0.1, -0.05) is 340 Å². The first-order valence-corrected chi connectivity index (χ1v) is 34.3. The summed E-state index contributed by atoms with van der Waals surface area (Å²) in [5.41, 5.74) is 18.8. The summed E-state index contributed by atoms with van der Waals surface area (Å²) in [5, 5.41) is 16.3. The second-order valence-electron chi connectivity index (χ2n) is 26.7. The minimum atomic E-state index is 0. The van der Waals surface area contributed by atoms with Crippen molar-refractivity contribution < 1.29 is 39.6 Å². The average molecular weight is 1380 g/mol. The Hall–Kier alpha value is -9.32. The van der Waals surface area contributed by atoms with E-state index < -0.39 is 0 Å². The van der Waals surface area contributed by atoms with Crippen LogP contribution in [0.3, 0.4) is 0 Å². The molecule has 0 amide bonds. The summed E-state index contributed by atoms with van der Waals surface area (Å²) in [5.74, 6) is 0.499. The molecule has 16 atom stereocenters. The molecule has 0 aliphatic carbocycles. The molecule has 9 nitrogen and oxygen atoms in total. The molecule has 4 aromatic heterocycles. The number of rotatable bonds is 8. The van der Waals surface area contributed by atoms with Gasteiger partial charge in [-0.3, -0.25) is 0 Å². The number of aromatic nitrogens is 4. The Bertz CT molecular complexity index is 3790. The molecule has 10 heterocycles. The molecule has 12 aromatic rings. The molecule has 11 heteroatoms. The Balaban J connectivity index is 0.000000164. The van der Waals surface area contributed by atoms with Crippen LogP contribution < -0.4 is 41.2 Å². The standard InChI is InChI=1S/2C44H38N4.2Fe.H2O/c2*1-5-13-29(14-6-1)41-33-21-23-35(45-33)42(30-15-7-2-8-16-30)37-25-27-39(47-37)44(32-19-11-4-12-20-32)40-28-26-38(48-40)43(31-17-9-3-10-18-31)36-24-22-34(41)46-36;;;/h2*1-28,33,35,38,40-45,48H;;;1H2/q2*-2;2*+2;. The van der Waals surface area contributed by atoms with Crippen molar-refractivity contribution in [2.24, 2.45) is 0 Å². The van der Waals surface area contributed by atoms with Crippen molar-refractivity contribution in [2.75, 3.05) is 0 Å². The molecule has 8 aromatic carbocycles. The molecule has 0 fully saturated rings. The van der Waals surface area contributed by atoms with E-state index in [2.05, 4.69) is 361 Å². The third kappa shape index (κ3) is 13.4. The predicted octanol–water partition coefficient (Wildman–Crippen LogP) is 14.4. The summed E-state index contributed by atoms with van der Waals surface area (Å²) >= 11 is 0. The van der Waals surface area contributed by atoms with Gasteiger partial charge < -0.3 is 46.7 Å². The smallest absolute Gasteiger partial charge is 0.664 e. The summed E-state index contributed by atoms with van der Waals surface area (Å²) in [7, 11) is 0. The maximum Gasteiger partial charge on any atom is 2.00 e. The minimum absolute atomic E-state index is 0. The van der Waals surface area contributed by atoms with Gasteiger partial charge in [0.1, 0.15) is 0 Å². The molecule has 16 unspecified atom stereocenters. The first-order chi connectivity index (χ1) is 47.6. The molecule has 0 radical (unpaired) electrons. The SMILES string of the molecule is C1=CC2NC1C(c1ccccc1)c1ccc([n-]1)C(c1ccccc1)C1C=CC(N1)C(c1ccccc1)c1ccc([n-]1)C2c1ccccc1.C1=CC2NC1C(c1ccccc1)c1ccc([n-]1)C(c1ccccc1)C1C=CC(N1)C(c1ccccc1)c1ccc([n-]1)C2c1ccccc1.O.[Fe+2].[Fe+2]. The van der Waals surface area contributed by atoms with Crippen LogP contribution in [0, 0.1) is 0 Å². The zero-order chi connectivity index (χ0) is 63.7. The van der Waals surface area contributed by atoms with Crippen molar-refractivity contribution >= 4 is 0 Å². The number of benzene rings is 8. The largest absolute Gasteiger partial charge is 2.00 e. The van der Waals surface area contributed by atoms with Crippen LogP contribution in [-0.2, 0) is 34.1 Å². The summed E-state index contributed by atoms with van der Waals surface area (Å²) in [6, 6.07) is 105. The van der Waals surface area contributed by atoms with Crippen LogP contribution in [0.5, 0.6) is 0 Å². The van der Waals surface area contributed by atoms with Gasteiger partial charge in [0.05, 0.1) is 0 Å². The Morgan fingerprint density at radius 1 is 0.162 bits per heavy atom. The molecule has 6 aliphatic heterocycles. The van der Waals surface area contributed by atoms with Crippen LogP contribution >= 0.6 is 0 Å². The summed E-state index contributed by atoms with van der Waals surface area (Å²) in [6.07, 6.45) is 18.9. The maximum absolute atomic E-state index is 5.50. The van der Waals surface area contributed by atoms with Crippen LogP contribution in [0.4, 0.5) is 0 Å². The van der Waals surface area contributed by atoms with E-state index >= 15 is 0 Å². The fourth-order valence-electron chi connectivity index (χ4n) is 16.7. The first-order valence-electron chi connectivity index (χ1n) is 34.3. The average Bonchev–Trinajstić information content (AvgIpc) is 1.64. The monoisotopic (exact) mass is 1370 g/mol. The first kappa shape index (κ1) is 66.9. The normalized spacial score (nSPS) is 26.8. The zero-order valence-corrected chi connectivity index (χ0v) is 56.8. The third-order valence-electron chi connectivity index (χ3n) is 21.1. The topological polar surface area (TPSA) is 136 Å². The Morgan fingerprint density at radius 2 is 0.273 bits per heavy atom. The molecule has 0 spiro atoms. The van der Waals surface area contributed by atoms with Crippen LogP contribution in [0.1, 0.15) is 137 Å². The maximum atomic E-state index is 5.50. The molecule has 6 aliphatic rings. The van der Waals surface area contributed by atoms with Gasteiger partial charge in [-0.2, -0.15) is 45.6 Å². The van der Waals surface area contributed by atoms with E-state index in [1.54, 1.807) is 0 Å². The number of nitrogens with zero attached hydrogens (tertiary/aromatic N) is 4. The molecular weight excluding hydrogens is 1300 g/mol. The zero-order valence-electron chi connectivity index (χ0n) is 54.6. The van der Waals surface area contributed by atoms with Crippen molar-refractivity contribution in [3.05, 3.63) is 430 Å². The van der Waals surface area contributed by atoms with Gasteiger partial charge in [-0.25, -0.2) is 0 Å². The van der Waals surface area contributed by atoms with E-state index in [1.165, 1.54) is 44.5 Å². The minimum Gasteiger partial charge on any atom is -0.664 e. The van der Waals surface area contributed by atoms with Crippen LogP contribution in [0.15, 0.2) is 340 Å². The van der Waals surface area contributed by atoms with Crippen molar-refractivity contribution in [3.8, 4) is 0 Å². The van der Waals surface area contributed by atoms with Crippen molar-refractivity contribution in [1.29, 1.82) is 0 Å².